The van der Waals surface area contributed by atoms with Crippen molar-refractivity contribution in [2.75, 3.05) is 6.61 Å². The number of carbonyl (C=O) groups excluding carboxylic acids is 1. The number of fused-ring (bicyclic) bond motifs is 1. The number of rotatable bonds is 8. The third-order valence-corrected chi connectivity index (χ3v) is 5.15. The maximum Gasteiger partial charge on any atom is 0.287 e. The first-order valence-corrected chi connectivity index (χ1v) is 10.5. The van der Waals surface area contributed by atoms with Crippen LogP contribution in [0.4, 0.5) is 0 Å². The molecule has 160 valence electrons. The average Bonchev–Trinajstić information content (AvgIpc) is 3.39. The molecule has 4 aromatic rings. The number of amides is 1. The van der Waals surface area contributed by atoms with Gasteiger partial charge in [0.05, 0.1) is 29.9 Å². The van der Waals surface area contributed by atoms with E-state index < -0.39 is 0 Å². The van der Waals surface area contributed by atoms with Crippen molar-refractivity contribution in [3.8, 4) is 5.75 Å². The third kappa shape index (κ3) is 4.79. The van der Waals surface area contributed by atoms with E-state index in [0.717, 1.165) is 35.6 Å². The SMILES string of the molecule is Cc1cc(C)cc(OCCCn2c(C(C)NC(=O)c3ccco3)nc3ccccc32)c1. The zero-order valence-electron chi connectivity index (χ0n) is 18.1. The van der Waals surface area contributed by atoms with E-state index in [-0.39, 0.29) is 17.7 Å². The average molecular weight is 418 g/mol. The summed E-state index contributed by atoms with van der Waals surface area (Å²) in [6, 6.07) is 17.3. The molecule has 0 fully saturated rings. The van der Waals surface area contributed by atoms with Gasteiger partial charge in [-0.15, -0.1) is 0 Å². The molecule has 6 heteroatoms. The van der Waals surface area contributed by atoms with Gasteiger partial charge in [-0.25, -0.2) is 4.98 Å². The van der Waals surface area contributed by atoms with Gasteiger partial charge in [0.15, 0.2) is 5.76 Å². The van der Waals surface area contributed by atoms with E-state index >= 15 is 0 Å². The van der Waals surface area contributed by atoms with Crippen LogP contribution in [0.3, 0.4) is 0 Å². The minimum absolute atomic E-state index is 0.255. The van der Waals surface area contributed by atoms with Crippen molar-refractivity contribution in [1.82, 2.24) is 14.9 Å². The maximum absolute atomic E-state index is 12.4. The second-order valence-electron chi connectivity index (χ2n) is 7.81. The fraction of sp³-hybridized carbons (Fsp3) is 0.280. The van der Waals surface area contributed by atoms with Crippen molar-refractivity contribution in [1.29, 1.82) is 0 Å². The number of nitrogens with one attached hydrogen (secondary N) is 1. The number of aromatic nitrogens is 2. The lowest BCUT2D eigenvalue weighted by Gasteiger charge is -2.16. The van der Waals surface area contributed by atoms with Gasteiger partial charge in [0.1, 0.15) is 11.6 Å². The number of imidazole rings is 1. The topological polar surface area (TPSA) is 69.3 Å². The molecular formula is C25H27N3O3. The van der Waals surface area contributed by atoms with Gasteiger partial charge in [-0.05, 0) is 74.7 Å². The monoisotopic (exact) mass is 417 g/mol. The second-order valence-corrected chi connectivity index (χ2v) is 7.81. The van der Waals surface area contributed by atoms with Gasteiger partial charge in [-0.1, -0.05) is 18.2 Å². The molecule has 6 nitrogen and oxygen atoms in total. The lowest BCUT2D eigenvalue weighted by molar-refractivity contribution is 0.0909. The first kappa shape index (κ1) is 20.7. The molecule has 0 aliphatic carbocycles. The summed E-state index contributed by atoms with van der Waals surface area (Å²) in [5.74, 6) is 1.74. The lowest BCUT2D eigenvalue weighted by atomic mass is 10.1. The van der Waals surface area contributed by atoms with E-state index in [0.29, 0.717) is 6.61 Å². The Morgan fingerprint density at radius 3 is 2.65 bits per heavy atom. The number of furan rings is 1. The lowest BCUT2D eigenvalue weighted by Crippen LogP contribution is -2.28. The Labute approximate surface area is 181 Å². The molecule has 2 aromatic carbocycles. The van der Waals surface area contributed by atoms with Gasteiger partial charge in [-0.3, -0.25) is 4.79 Å². The molecular weight excluding hydrogens is 390 g/mol. The summed E-state index contributed by atoms with van der Waals surface area (Å²) in [6.45, 7) is 7.42. The summed E-state index contributed by atoms with van der Waals surface area (Å²) < 4.78 is 13.3. The number of aryl methyl sites for hydroxylation is 3. The zero-order chi connectivity index (χ0) is 21.8. The maximum atomic E-state index is 12.4. The standard InChI is InChI=1S/C25H27N3O3/c1-17-14-18(2)16-20(15-17)30-13-7-11-28-22-9-5-4-8-21(22)27-24(28)19(3)26-25(29)23-10-6-12-31-23/h4-6,8-10,12,14-16,19H,7,11,13H2,1-3H3,(H,26,29). The predicted molar refractivity (Wildman–Crippen MR) is 120 cm³/mol. The molecule has 2 aromatic heterocycles. The highest BCUT2D eigenvalue weighted by Crippen LogP contribution is 2.22. The predicted octanol–water partition coefficient (Wildman–Crippen LogP) is 5.21. The minimum atomic E-state index is -0.273. The molecule has 1 unspecified atom stereocenters. The molecule has 1 atom stereocenters. The van der Waals surface area contributed by atoms with Crippen LogP contribution in [0.5, 0.6) is 5.75 Å². The Balaban J connectivity index is 1.47. The highest BCUT2D eigenvalue weighted by molar-refractivity contribution is 5.91. The van der Waals surface area contributed by atoms with Crippen LogP contribution in [-0.2, 0) is 6.54 Å². The highest BCUT2D eigenvalue weighted by Gasteiger charge is 2.20. The summed E-state index contributed by atoms with van der Waals surface area (Å²) in [6.07, 6.45) is 2.31. The van der Waals surface area contributed by atoms with Gasteiger partial charge in [0.2, 0.25) is 0 Å². The van der Waals surface area contributed by atoms with E-state index in [1.807, 2.05) is 25.1 Å². The molecule has 0 spiro atoms. The molecule has 0 saturated heterocycles. The van der Waals surface area contributed by atoms with Crippen LogP contribution in [-0.4, -0.2) is 22.1 Å². The summed E-state index contributed by atoms with van der Waals surface area (Å²) in [5.41, 5.74) is 4.34. The van der Waals surface area contributed by atoms with Gasteiger partial charge < -0.3 is 19.0 Å². The molecule has 1 N–H and O–H groups in total. The van der Waals surface area contributed by atoms with Crippen LogP contribution in [0.1, 0.15) is 46.9 Å². The first-order valence-electron chi connectivity index (χ1n) is 10.5. The molecule has 1 amide bonds. The second kappa shape index (κ2) is 9.08. The van der Waals surface area contributed by atoms with E-state index in [1.54, 1.807) is 12.1 Å². The summed E-state index contributed by atoms with van der Waals surface area (Å²) >= 11 is 0. The summed E-state index contributed by atoms with van der Waals surface area (Å²) in [5, 5.41) is 2.98. The van der Waals surface area contributed by atoms with E-state index in [9.17, 15) is 4.79 Å². The number of carbonyl (C=O) groups is 1. The fourth-order valence-electron chi connectivity index (χ4n) is 3.83. The first-order chi connectivity index (χ1) is 15.0. The van der Waals surface area contributed by atoms with Gasteiger partial charge in [0, 0.05) is 6.54 Å². The molecule has 0 aliphatic rings. The van der Waals surface area contributed by atoms with E-state index in [1.165, 1.54) is 17.4 Å². The quantitative estimate of drug-likeness (QED) is 0.400. The number of benzene rings is 2. The third-order valence-electron chi connectivity index (χ3n) is 5.15. The number of hydrogen-bond donors (Lipinski definition) is 1. The van der Waals surface area contributed by atoms with Crippen LogP contribution >= 0.6 is 0 Å². The van der Waals surface area contributed by atoms with Gasteiger partial charge in [0.25, 0.3) is 5.91 Å². The van der Waals surface area contributed by atoms with Crippen molar-refractivity contribution in [2.45, 2.75) is 39.8 Å². The van der Waals surface area contributed by atoms with Gasteiger partial charge >= 0.3 is 0 Å². The zero-order valence-corrected chi connectivity index (χ0v) is 18.1. The van der Waals surface area contributed by atoms with Crippen molar-refractivity contribution in [3.05, 3.63) is 83.6 Å². The molecule has 0 aliphatic heterocycles. The van der Waals surface area contributed by atoms with Gasteiger partial charge in [-0.2, -0.15) is 0 Å². The highest BCUT2D eigenvalue weighted by atomic mass is 16.5. The van der Waals surface area contributed by atoms with Crippen LogP contribution in [0.15, 0.2) is 65.3 Å². The van der Waals surface area contributed by atoms with Crippen molar-refractivity contribution in [2.24, 2.45) is 0 Å². The van der Waals surface area contributed by atoms with E-state index in [4.69, 9.17) is 14.1 Å². The Morgan fingerprint density at radius 1 is 1.13 bits per heavy atom. The van der Waals surface area contributed by atoms with Crippen molar-refractivity contribution >= 4 is 16.9 Å². The summed E-state index contributed by atoms with van der Waals surface area (Å²) in [4.78, 5) is 17.2. The number of ether oxygens (including phenoxy) is 1. The number of nitrogens with zero attached hydrogens (tertiary/aromatic N) is 2. The van der Waals surface area contributed by atoms with Crippen molar-refractivity contribution in [3.63, 3.8) is 0 Å². The van der Waals surface area contributed by atoms with Crippen LogP contribution in [0.2, 0.25) is 0 Å². The fourth-order valence-corrected chi connectivity index (χ4v) is 3.83. The normalized spacial score (nSPS) is 12.1. The Kier molecular flexibility index (Phi) is 6.07. The van der Waals surface area contributed by atoms with Crippen LogP contribution in [0, 0.1) is 13.8 Å². The smallest absolute Gasteiger partial charge is 0.287 e. The largest absolute Gasteiger partial charge is 0.494 e. The Hall–Kier alpha value is -3.54. The Morgan fingerprint density at radius 2 is 1.90 bits per heavy atom. The Bertz CT molecular complexity index is 1160. The minimum Gasteiger partial charge on any atom is -0.494 e. The van der Waals surface area contributed by atoms with Crippen LogP contribution < -0.4 is 10.1 Å². The summed E-state index contributed by atoms with van der Waals surface area (Å²) in [7, 11) is 0. The molecule has 4 rings (SSSR count). The molecule has 0 saturated carbocycles. The molecule has 31 heavy (non-hydrogen) atoms. The molecule has 2 heterocycles. The van der Waals surface area contributed by atoms with Crippen LogP contribution in [0.25, 0.3) is 11.0 Å². The number of hydrogen-bond acceptors (Lipinski definition) is 4. The number of para-hydroxylation sites is 2. The molecule has 0 bridgehead atoms. The molecule has 0 radical (unpaired) electrons. The van der Waals surface area contributed by atoms with Crippen molar-refractivity contribution < 1.29 is 13.9 Å². The van der Waals surface area contributed by atoms with E-state index in [2.05, 4.69) is 48.0 Å².